The van der Waals surface area contributed by atoms with Crippen LogP contribution in [0.4, 0.5) is 19.1 Å². The number of nitrogens with two attached hydrogens (primary N) is 1. The SMILES string of the molecule is Cc1cc(C(C)NC(=O)c2ccnc(N)n2)cnc1OCC(F)(F)F. The molecule has 0 fully saturated rings. The number of rotatable bonds is 5. The van der Waals surface area contributed by atoms with E-state index in [4.69, 9.17) is 5.73 Å². The molecule has 0 aliphatic carbocycles. The monoisotopic (exact) mass is 355 g/mol. The maximum atomic E-state index is 12.2. The van der Waals surface area contributed by atoms with Crippen molar-refractivity contribution in [3.05, 3.63) is 41.3 Å². The third-order valence-electron chi connectivity index (χ3n) is 3.18. The number of amides is 1. The predicted octanol–water partition coefficient (Wildman–Crippen LogP) is 2.19. The first-order chi connectivity index (χ1) is 11.7. The summed E-state index contributed by atoms with van der Waals surface area (Å²) in [6.45, 7) is 1.86. The second kappa shape index (κ2) is 7.32. The number of halogens is 3. The molecule has 2 heterocycles. The van der Waals surface area contributed by atoms with Gasteiger partial charge in [-0.15, -0.1) is 0 Å². The molecule has 0 saturated heterocycles. The van der Waals surface area contributed by atoms with Crippen molar-refractivity contribution < 1.29 is 22.7 Å². The first-order valence-electron chi connectivity index (χ1n) is 7.21. The highest BCUT2D eigenvalue weighted by Gasteiger charge is 2.29. The van der Waals surface area contributed by atoms with Crippen LogP contribution in [0.15, 0.2) is 24.5 Å². The van der Waals surface area contributed by atoms with Crippen LogP contribution in [0.2, 0.25) is 0 Å². The number of carbonyl (C=O) groups excluding carboxylic acids is 1. The van der Waals surface area contributed by atoms with Gasteiger partial charge in [0.1, 0.15) is 5.69 Å². The van der Waals surface area contributed by atoms with Crippen LogP contribution in [-0.4, -0.2) is 33.6 Å². The van der Waals surface area contributed by atoms with Crippen molar-refractivity contribution in [2.24, 2.45) is 0 Å². The Morgan fingerprint density at radius 2 is 2.12 bits per heavy atom. The van der Waals surface area contributed by atoms with Crippen LogP contribution in [-0.2, 0) is 0 Å². The molecule has 0 bridgehead atoms. The van der Waals surface area contributed by atoms with Crippen molar-refractivity contribution in [3.63, 3.8) is 0 Å². The number of nitrogens with zero attached hydrogens (tertiary/aromatic N) is 3. The van der Waals surface area contributed by atoms with Gasteiger partial charge >= 0.3 is 6.18 Å². The number of ether oxygens (including phenoxy) is 1. The second-order valence-corrected chi connectivity index (χ2v) is 5.29. The fourth-order valence-corrected chi connectivity index (χ4v) is 1.98. The molecule has 0 radical (unpaired) electrons. The first-order valence-corrected chi connectivity index (χ1v) is 7.21. The summed E-state index contributed by atoms with van der Waals surface area (Å²) in [6.07, 6.45) is -1.73. The van der Waals surface area contributed by atoms with E-state index in [9.17, 15) is 18.0 Å². The largest absolute Gasteiger partial charge is 0.468 e. The number of nitrogens with one attached hydrogen (secondary N) is 1. The summed E-state index contributed by atoms with van der Waals surface area (Å²) in [5, 5.41) is 2.70. The van der Waals surface area contributed by atoms with Gasteiger partial charge < -0.3 is 15.8 Å². The van der Waals surface area contributed by atoms with Gasteiger partial charge in [-0.05, 0) is 31.5 Å². The maximum absolute atomic E-state index is 12.2. The Morgan fingerprint density at radius 3 is 2.72 bits per heavy atom. The van der Waals surface area contributed by atoms with Crippen molar-refractivity contribution in [1.29, 1.82) is 0 Å². The van der Waals surface area contributed by atoms with Crippen LogP contribution in [0, 0.1) is 6.92 Å². The van der Waals surface area contributed by atoms with E-state index in [1.54, 1.807) is 19.9 Å². The number of pyridine rings is 1. The van der Waals surface area contributed by atoms with Crippen LogP contribution in [0.25, 0.3) is 0 Å². The lowest BCUT2D eigenvalue weighted by Gasteiger charge is -2.16. The van der Waals surface area contributed by atoms with Gasteiger partial charge in [0.2, 0.25) is 11.8 Å². The molecule has 2 aromatic rings. The third-order valence-corrected chi connectivity index (χ3v) is 3.18. The van der Waals surface area contributed by atoms with Crippen molar-refractivity contribution >= 4 is 11.9 Å². The Kier molecular flexibility index (Phi) is 5.40. The molecule has 0 aliphatic heterocycles. The molecule has 7 nitrogen and oxygen atoms in total. The van der Waals surface area contributed by atoms with Crippen LogP contribution < -0.4 is 15.8 Å². The number of aromatic nitrogens is 3. The highest BCUT2D eigenvalue weighted by molar-refractivity contribution is 5.92. The third kappa shape index (κ3) is 5.30. The summed E-state index contributed by atoms with van der Waals surface area (Å²) in [4.78, 5) is 23.5. The molecule has 2 rings (SSSR count). The Hall–Kier alpha value is -2.91. The minimum absolute atomic E-state index is 0.0241. The zero-order valence-electron chi connectivity index (χ0n) is 13.5. The summed E-state index contributed by atoms with van der Waals surface area (Å²) >= 11 is 0. The molecule has 3 N–H and O–H groups in total. The van der Waals surface area contributed by atoms with E-state index < -0.39 is 24.7 Å². The minimum atomic E-state index is -4.44. The summed E-state index contributed by atoms with van der Waals surface area (Å²) < 4.78 is 41.2. The number of anilines is 1. The fraction of sp³-hybridized carbons (Fsp3) is 0.333. The maximum Gasteiger partial charge on any atom is 0.422 e. The van der Waals surface area contributed by atoms with E-state index in [0.717, 1.165) is 0 Å². The Bertz CT molecular complexity index is 767. The van der Waals surface area contributed by atoms with E-state index in [2.05, 4.69) is 25.0 Å². The van der Waals surface area contributed by atoms with E-state index in [1.165, 1.54) is 18.5 Å². The molecule has 0 aliphatic rings. The smallest absolute Gasteiger partial charge is 0.422 e. The first kappa shape index (κ1) is 18.4. The lowest BCUT2D eigenvalue weighted by molar-refractivity contribution is -0.154. The molecule has 2 aromatic heterocycles. The van der Waals surface area contributed by atoms with Crippen LogP contribution in [0.1, 0.15) is 34.6 Å². The number of alkyl halides is 3. The quantitative estimate of drug-likeness (QED) is 0.852. The van der Waals surface area contributed by atoms with Crippen molar-refractivity contribution in [3.8, 4) is 5.88 Å². The summed E-state index contributed by atoms with van der Waals surface area (Å²) in [5.74, 6) is -0.594. The standard InChI is InChI=1S/C15H16F3N5O2/c1-8-5-10(6-21-13(8)25-7-15(16,17)18)9(2)22-12(24)11-3-4-20-14(19)23-11/h3-6,9H,7H2,1-2H3,(H,22,24)(H2,19,20,23). The number of hydrogen-bond acceptors (Lipinski definition) is 6. The lowest BCUT2D eigenvalue weighted by Crippen LogP contribution is -2.28. The molecular formula is C15H16F3N5O2. The number of nitrogen functional groups attached to an aromatic ring is 1. The lowest BCUT2D eigenvalue weighted by atomic mass is 10.1. The van der Waals surface area contributed by atoms with E-state index in [0.29, 0.717) is 11.1 Å². The highest BCUT2D eigenvalue weighted by atomic mass is 19.4. The predicted molar refractivity (Wildman–Crippen MR) is 82.8 cm³/mol. The average Bonchev–Trinajstić information content (AvgIpc) is 2.52. The molecule has 0 aromatic carbocycles. The molecule has 1 unspecified atom stereocenters. The van der Waals surface area contributed by atoms with Gasteiger partial charge in [-0.2, -0.15) is 13.2 Å². The molecule has 1 atom stereocenters. The number of carbonyl (C=O) groups is 1. The summed E-state index contributed by atoms with van der Waals surface area (Å²) in [7, 11) is 0. The van der Waals surface area contributed by atoms with Gasteiger partial charge in [0.05, 0.1) is 6.04 Å². The molecular weight excluding hydrogens is 339 g/mol. The molecule has 10 heteroatoms. The van der Waals surface area contributed by atoms with Crippen molar-refractivity contribution in [1.82, 2.24) is 20.3 Å². The zero-order valence-corrected chi connectivity index (χ0v) is 13.5. The van der Waals surface area contributed by atoms with Gasteiger partial charge in [-0.3, -0.25) is 4.79 Å². The van der Waals surface area contributed by atoms with Gasteiger partial charge in [0, 0.05) is 18.0 Å². The Labute approximate surface area is 141 Å². The second-order valence-electron chi connectivity index (χ2n) is 5.29. The van der Waals surface area contributed by atoms with Crippen LogP contribution in [0.3, 0.4) is 0 Å². The molecule has 0 saturated carbocycles. The van der Waals surface area contributed by atoms with Crippen LogP contribution >= 0.6 is 0 Å². The van der Waals surface area contributed by atoms with Gasteiger partial charge in [-0.1, -0.05) is 0 Å². The van der Waals surface area contributed by atoms with Gasteiger partial charge in [-0.25, -0.2) is 15.0 Å². The van der Waals surface area contributed by atoms with E-state index >= 15 is 0 Å². The van der Waals surface area contributed by atoms with E-state index in [1.807, 2.05) is 0 Å². The number of hydrogen-bond donors (Lipinski definition) is 2. The Morgan fingerprint density at radius 1 is 1.40 bits per heavy atom. The molecule has 0 spiro atoms. The zero-order chi connectivity index (χ0) is 18.6. The highest BCUT2D eigenvalue weighted by Crippen LogP contribution is 2.22. The average molecular weight is 355 g/mol. The van der Waals surface area contributed by atoms with Crippen molar-refractivity contribution in [2.75, 3.05) is 12.3 Å². The van der Waals surface area contributed by atoms with Gasteiger partial charge in [0.25, 0.3) is 5.91 Å². The number of aryl methyl sites for hydroxylation is 1. The summed E-state index contributed by atoms with van der Waals surface area (Å²) in [6, 6.07) is 2.56. The normalized spacial score (nSPS) is 12.5. The molecule has 134 valence electrons. The van der Waals surface area contributed by atoms with E-state index in [-0.39, 0.29) is 17.5 Å². The fourth-order valence-electron chi connectivity index (χ4n) is 1.98. The topological polar surface area (TPSA) is 103 Å². The summed E-state index contributed by atoms with van der Waals surface area (Å²) in [5.41, 5.74) is 6.56. The molecule has 1 amide bonds. The van der Waals surface area contributed by atoms with Crippen LogP contribution in [0.5, 0.6) is 5.88 Å². The van der Waals surface area contributed by atoms with Gasteiger partial charge in [0.15, 0.2) is 6.61 Å². The molecule has 25 heavy (non-hydrogen) atoms. The minimum Gasteiger partial charge on any atom is -0.468 e. The Balaban J connectivity index is 2.05. The van der Waals surface area contributed by atoms with Crippen molar-refractivity contribution in [2.45, 2.75) is 26.1 Å².